The molecule has 2 amide bonds. The first-order valence-corrected chi connectivity index (χ1v) is 43.4. The van der Waals surface area contributed by atoms with Crippen LogP contribution in [-0.4, -0.2) is 60.8 Å². The number of carbonyl (C=O) groups excluding carboxylic acids is 2. The van der Waals surface area contributed by atoms with E-state index in [2.05, 4.69) is 173 Å². The van der Waals surface area contributed by atoms with E-state index in [4.69, 9.17) is 41.9 Å². The molecule has 7 aromatic carbocycles. The molecule has 2 fully saturated rings. The molecule has 8 nitrogen and oxygen atoms in total. The van der Waals surface area contributed by atoms with E-state index in [1.807, 2.05) is 48.7 Å². The molecule has 4 aliphatic rings. The average Bonchev–Trinajstić information content (AvgIpc) is 1.50. The van der Waals surface area contributed by atoms with Gasteiger partial charge in [0.1, 0.15) is 30.7 Å². The van der Waals surface area contributed by atoms with Crippen LogP contribution in [0.5, 0.6) is 0 Å². The minimum atomic E-state index is -0.757. The topological polar surface area (TPSA) is 92.2 Å². The van der Waals surface area contributed by atoms with Gasteiger partial charge >= 0.3 is 0 Å². The van der Waals surface area contributed by atoms with Gasteiger partial charge in [-0.25, -0.2) is 0 Å². The summed E-state index contributed by atoms with van der Waals surface area (Å²) in [6, 6.07) is 58.0. The van der Waals surface area contributed by atoms with Crippen molar-refractivity contribution in [1.29, 1.82) is 0 Å². The molecule has 6 heterocycles. The molecule has 2 aliphatic heterocycles. The highest BCUT2D eigenvalue weighted by atomic mass is 32.2. The molecule has 0 radical (unpaired) electrons. The van der Waals surface area contributed by atoms with Crippen molar-refractivity contribution in [1.82, 2.24) is 27.3 Å². The maximum atomic E-state index is 13.7. The lowest BCUT2D eigenvalue weighted by Gasteiger charge is -2.36. The lowest BCUT2D eigenvalue weighted by molar-refractivity contribution is -0.122. The Bertz CT molecular complexity index is 4680. The van der Waals surface area contributed by atoms with E-state index in [1.54, 1.807) is 9.80 Å². The van der Waals surface area contributed by atoms with Gasteiger partial charge in [-0.05, 0) is 180 Å². The zero-order valence-corrected chi connectivity index (χ0v) is 66.9. The number of aromatic nitrogens is 4. The molecular formula is C88H88N6O2S8. The Morgan fingerprint density at radius 2 is 0.683 bits per heavy atom. The molecule has 15 rings (SSSR count). The van der Waals surface area contributed by atoms with E-state index in [-0.39, 0.29) is 11.8 Å². The summed E-state index contributed by atoms with van der Waals surface area (Å²) in [7, 11) is 0. The van der Waals surface area contributed by atoms with Gasteiger partial charge in [0, 0.05) is 54.9 Å². The van der Waals surface area contributed by atoms with Crippen molar-refractivity contribution in [2.75, 3.05) is 13.1 Å². The van der Waals surface area contributed by atoms with Crippen LogP contribution in [0.25, 0.3) is 76.0 Å². The molecule has 4 aromatic heterocycles. The van der Waals surface area contributed by atoms with Gasteiger partial charge in [-0.1, -0.05) is 274 Å². The van der Waals surface area contributed by atoms with Crippen LogP contribution in [0.15, 0.2) is 155 Å². The number of unbranched alkanes of at least 4 members (excludes halogenated alkanes) is 12. The quantitative estimate of drug-likeness (QED) is 0.0246. The molecule has 104 heavy (non-hydrogen) atoms. The summed E-state index contributed by atoms with van der Waals surface area (Å²) >= 11 is 20.3. The van der Waals surface area contributed by atoms with Gasteiger partial charge in [0.15, 0.2) is 0 Å². The lowest BCUT2D eigenvalue weighted by Crippen LogP contribution is -2.30. The van der Waals surface area contributed by atoms with Gasteiger partial charge in [0.05, 0.1) is 44.1 Å². The molecule has 530 valence electrons. The SMILES string of the molecule is CCCCCCc1ccc(C2(c3ccc(CCCCCC)cc3)c3cc4c(cc3-c3sc(-c5ccc(/C=C6\SC(=S)N(CC)C6=O)c6nsnc56)cc32)C(c2ccc(CCCCCC)cc2)(c2ccc(CCCCCC)cc2)c2cc(-c3ccc(/C=C5\SC(=S)N(CC)C5=O)c5nsnc35)sc2-4)cc1. The second kappa shape index (κ2) is 31.7. The van der Waals surface area contributed by atoms with Crippen LogP contribution in [0, 0.1) is 0 Å². The predicted molar refractivity (Wildman–Crippen MR) is 452 cm³/mol. The molecule has 0 unspecified atom stereocenters. The number of thiophene rings is 2. The van der Waals surface area contributed by atoms with Crippen molar-refractivity contribution < 1.29 is 9.59 Å². The second-order valence-electron chi connectivity index (χ2n) is 28.4. The van der Waals surface area contributed by atoms with Crippen molar-refractivity contribution in [2.24, 2.45) is 0 Å². The summed E-state index contributed by atoms with van der Waals surface area (Å²) in [5.41, 5.74) is 23.4. The minimum absolute atomic E-state index is 0.0698. The third kappa shape index (κ3) is 13.3. The first-order valence-electron chi connectivity index (χ1n) is 37.8. The molecule has 0 spiro atoms. The van der Waals surface area contributed by atoms with E-state index in [1.165, 1.54) is 212 Å². The van der Waals surface area contributed by atoms with E-state index in [0.717, 1.165) is 105 Å². The number of likely N-dealkylation sites (N-methyl/N-ethyl adjacent to an activating group) is 2. The summed E-state index contributed by atoms with van der Waals surface area (Å²) in [6.45, 7) is 14.1. The van der Waals surface area contributed by atoms with Crippen LogP contribution in [0.2, 0.25) is 0 Å². The third-order valence-electron chi connectivity index (χ3n) is 21.9. The summed E-state index contributed by atoms with van der Waals surface area (Å²) in [5.74, 6) is -0.140. The van der Waals surface area contributed by atoms with Crippen LogP contribution < -0.4 is 0 Å². The predicted octanol–water partition coefficient (Wildman–Crippen LogP) is 24.8. The molecule has 0 atom stereocenters. The van der Waals surface area contributed by atoms with Gasteiger partial charge in [-0.15, -0.1) is 22.7 Å². The van der Waals surface area contributed by atoms with Crippen LogP contribution in [0.4, 0.5) is 0 Å². The molecule has 0 bridgehead atoms. The molecule has 0 saturated carbocycles. The molecule has 0 N–H and O–H groups in total. The molecular weight excluding hydrogens is 1430 g/mol. The Labute approximate surface area is 649 Å². The number of fused-ring (bicyclic) bond motifs is 8. The standard InChI is InChI=1S/C88H88N6O2S8/c1-7-13-17-21-25-55-29-39-61(40-30-55)87(62-41-31-56(32-42-62)26-22-18-14-8-2)69-51-68-70(52-67(69)81-71(87)53-73(99-81)65-47-37-59(77-79(65)91-103-89-77)49-75-83(95)93(11-5)85(97)101-75)88(63-43-33-57(34-44-63)27-23-19-15-9-3,64-45-35-58(36-46-64)28-24-20-16-10-4)72-54-74(100-82(68)72)66-48-38-60(78-80(66)92-104-90-78)50-76-84(96)94(12-6)86(98)102-76/h29-54H,7-28H2,1-6H3/b75-49-,76-50-. The highest BCUT2D eigenvalue weighted by molar-refractivity contribution is 8.27. The van der Waals surface area contributed by atoms with Crippen molar-refractivity contribution in [3.63, 3.8) is 0 Å². The number of carbonyl (C=O) groups is 2. The first-order chi connectivity index (χ1) is 50.9. The van der Waals surface area contributed by atoms with Crippen molar-refractivity contribution in [3.8, 4) is 41.8 Å². The fraction of sp³-hybridized carbons (Fsp3) is 0.341. The summed E-state index contributed by atoms with van der Waals surface area (Å²) in [5, 5.41) is 0. The van der Waals surface area contributed by atoms with E-state index >= 15 is 0 Å². The maximum Gasteiger partial charge on any atom is 0.266 e. The Morgan fingerprint density at radius 1 is 0.365 bits per heavy atom. The molecule has 2 saturated heterocycles. The van der Waals surface area contributed by atoms with E-state index in [0.29, 0.717) is 31.5 Å². The fourth-order valence-corrected chi connectivity index (χ4v) is 22.9. The van der Waals surface area contributed by atoms with Crippen LogP contribution in [0.1, 0.15) is 222 Å². The highest BCUT2D eigenvalue weighted by Gasteiger charge is 2.53. The van der Waals surface area contributed by atoms with Crippen LogP contribution in [-0.2, 0) is 46.1 Å². The Hall–Kier alpha value is -7.12. The van der Waals surface area contributed by atoms with E-state index < -0.39 is 10.8 Å². The highest BCUT2D eigenvalue weighted by Crippen LogP contribution is 2.66. The van der Waals surface area contributed by atoms with Gasteiger partial charge in [0.2, 0.25) is 0 Å². The van der Waals surface area contributed by atoms with Gasteiger partial charge < -0.3 is 0 Å². The lowest BCUT2D eigenvalue weighted by atomic mass is 9.65. The Morgan fingerprint density at radius 3 is 0.981 bits per heavy atom. The van der Waals surface area contributed by atoms with Gasteiger partial charge in [0.25, 0.3) is 11.8 Å². The number of hydrogen-bond donors (Lipinski definition) is 0. The van der Waals surface area contributed by atoms with Gasteiger partial charge in [-0.3, -0.25) is 19.4 Å². The largest absolute Gasteiger partial charge is 0.293 e. The van der Waals surface area contributed by atoms with Crippen molar-refractivity contribution >= 4 is 149 Å². The van der Waals surface area contributed by atoms with Gasteiger partial charge in [-0.2, -0.15) is 17.5 Å². The zero-order chi connectivity index (χ0) is 71.6. The second-order valence-corrected chi connectivity index (χ2v) is 34.9. The molecule has 2 aliphatic carbocycles. The van der Waals surface area contributed by atoms with Crippen molar-refractivity contribution in [3.05, 3.63) is 233 Å². The smallest absolute Gasteiger partial charge is 0.266 e. The summed E-state index contributed by atoms with van der Waals surface area (Å²) < 4.78 is 21.3. The average molecular weight is 1520 g/mol. The molecule has 11 aromatic rings. The number of amides is 2. The van der Waals surface area contributed by atoms with Crippen LogP contribution in [0.3, 0.4) is 0 Å². The Balaban J connectivity index is 0.986. The fourth-order valence-electron chi connectivity index (χ4n) is 16.4. The molecule has 16 heteroatoms. The number of aryl methyl sites for hydroxylation is 4. The Kier molecular flexibility index (Phi) is 22.1. The van der Waals surface area contributed by atoms with Crippen molar-refractivity contribution in [2.45, 2.75) is 181 Å². The number of hydrogen-bond acceptors (Lipinski definition) is 14. The zero-order valence-electron chi connectivity index (χ0n) is 60.3. The monoisotopic (exact) mass is 1520 g/mol. The number of rotatable bonds is 30. The third-order valence-corrected chi connectivity index (χ3v) is 28.1. The maximum absolute atomic E-state index is 13.7. The van der Waals surface area contributed by atoms with E-state index in [9.17, 15) is 9.59 Å². The number of nitrogens with zero attached hydrogens (tertiary/aromatic N) is 6. The summed E-state index contributed by atoms with van der Waals surface area (Å²) in [4.78, 5) is 36.7. The normalized spacial score (nSPS) is 15.8. The number of benzene rings is 7. The number of thiocarbonyl (C=S) groups is 2. The van der Waals surface area contributed by atoms with Crippen LogP contribution >= 0.6 is 94.1 Å². The summed E-state index contributed by atoms with van der Waals surface area (Å²) in [6.07, 6.45) is 27.4. The first kappa shape index (κ1) is 72.4. The minimum Gasteiger partial charge on any atom is -0.293 e. The number of thioether (sulfide) groups is 2.